The summed E-state index contributed by atoms with van der Waals surface area (Å²) in [6, 6.07) is 0. The van der Waals surface area contributed by atoms with Crippen molar-refractivity contribution < 1.29 is 0 Å². The van der Waals surface area contributed by atoms with Gasteiger partial charge in [-0.05, 0) is 45.4 Å². The van der Waals surface area contributed by atoms with Crippen LogP contribution < -0.4 is 27.7 Å². The van der Waals surface area contributed by atoms with Crippen molar-refractivity contribution in [2.45, 2.75) is 19.3 Å². The highest BCUT2D eigenvalue weighted by molar-refractivity contribution is 4.53. The van der Waals surface area contributed by atoms with Crippen molar-refractivity contribution in [2.24, 2.45) is 22.0 Å². The Morgan fingerprint density at radius 1 is 0.812 bits per heavy atom. The zero-order valence-electron chi connectivity index (χ0n) is 9.91. The summed E-state index contributed by atoms with van der Waals surface area (Å²) < 4.78 is 0. The molecule has 0 atom stereocenters. The van der Waals surface area contributed by atoms with Gasteiger partial charge in [0.25, 0.3) is 0 Å². The first-order chi connectivity index (χ1) is 7.91. The predicted octanol–water partition coefficient (Wildman–Crippen LogP) is -0.875. The van der Waals surface area contributed by atoms with Crippen LogP contribution in [0.1, 0.15) is 19.3 Å². The molecule has 0 bridgehead atoms. The smallest absolute Gasteiger partial charge is 0.0632 e. The molecule has 16 heavy (non-hydrogen) atoms. The van der Waals surface area contributed by atoms with Crippen LogP contribution in [0.3, 0.4) is 0 Å². The standard InChI is InChI=1S/C9H25N7/c10-14-8-2-6-12-4-1-5-13-7-3-9-15-16-11/h12-14H,1-10H2,(H2,11,15). The first-order valence-electron chi connectivity index (χ1n) is 5.83. The van der Waals surface area contributed by atoms with Crippen molar-refractivity contribution in [3.05, 3.63) is 0 Å². The number of hydrogen-bond donors (Lipinski definition) is 5. The molecule has 7 nitrogen and oxygen atoms in total. The number of nitrogens with two attached hydrogens (primary N) is 2. The fraction of sp³-hybridized carbons (Fsp3) is 1.00. The molecule has 0 amide bonds. The number of hydrogen-bond acceptors (Lipinski definition) is 6. The van der Waals surface area contributed by atoms with Gasteiger partial charge in [-0.3, -0.25) is 11.3 Å². The lowest BCUT2D eigenvalue weighted by Gasteiger charge is -2.05. The van der Waals surface area contributed by atoms with Crippen LogP contribution in [-0.2, 0) is 0 Å². The molecular weight excluding hydrogens is 206 g/mol. The Morgan fingerprint density at radius 2 is 1.38 bits per heavy atom. The van der Waals surface area contributed by atoms with Crippen LogP contribution in [-0.4, -0.2) is 39.3 Å². The normalized spacial score (nSPS) is 11.3. The largest absolute Gasteiger partial charge is 0.317 e. The van der Waals surface area contributed by atoms with E-state index in [4.69, 9.17) is 11.7 Å². The van der Waals surface area contributed by atoms with E-state index in [1.165, 1.54) is 0 Å². The Labute approximate surface area is 97.4 Å². The first kappa shape index (κ1) is 15.2. The highest BCUT2D eigenvalue weighted by Crippen LogP contribution is 1.80. The van der Waals surface area contributed by atoms with Crippen molar-refractivity contribution in [1.82, 2.24) is 16.1 Å². The molecule has 0 aromatic rings. The van der Waals surface area contributed by atoms with Crippen LogP contribution in [0.2, 0.25) is 0 Å². The maximum absolute atomic E-state index is 5.15. The summed E-state index contributed by atoms with van der Waals surface area (Å²) in [4.78, 5) is 0. The minimum absolute atomic E-state index is 0.702. The molecule has 0 spiro atoms. The van der Waals surface area contributed by atoms with Crippen LogP contribution in [0.15, 0.2) is 10.3 Å². The van der Waals surface area contributed by atoms with Crippen molar-refractivity contribution in [1.29, 1.82) is 0 Å². The highest BCUT2D eigenvalue weighted by atomic mass is 15.3. The topological polar surface area (TPSA) is 113 Å². The Bertz CT molecular complexity index is 151. The molecule has 0 saturated heterocycles. The van der Waals surface area contributed by atoms with Crippen molar-refractivity contribution in [3.8, 4) is 0 Å². The molecule has 96 valence electrons. The number of hydrazine groups is 1. The lowest BCUT2D eigenvalue weighted by molar-refractivity contribution is 0.565. The van der Waals surface area contributed by atoms with Crippen molar-refractivity contribution >= 4 is 0 Å². The second-order valence-electron chi connectivity index (χ2n) is 3.50. The molecule has 0 unspecified atom stereocenters. The number of nitrogens with one attached hydrogen (secondary N) is 3. The van der Waals surface area contributed by atoms with Gasteiger partial charge in [0.2, 0.25) is 0 Å². The molecule has 0 aliphatic heterocycles. The van der Waals surface area contributed by atoms with Gasteiger partial charge < -0.3 is 16.5 Å². The predicted molar refractivity (Wildman–Crippen MR) is 65.7 cm³/mol. The van der Waals surface area contributed by atoms with Gasteiger partial charge in [-0.25, -0.2) is 0 Å². The van der Waals surface area contributed by atoms with Crippen LogP contribution in [0.25, 0.3) is 0 Å². The monoisotopic (exact) mass is 231 g/mol. The Kier molecular flexibility index (Phi) is 13.6. The van der Waals surface area contributed by atoms with Crippen molar-refractivity contribution in [2.75, 3.05) is 39.3 Å². The Hall–Kier alpha value is -0.760. The van der Waals surface area contributed by atoms with Crippen molar-refractivity contribution in [3.63, 3.8) is 0 Å². The third-order valence-corrected chi connectivity index (χ3v) is 2.08. The number of rotatable bonds is 12. The summed E-state index contributed by atoms with van der Waals surface area (Å²) >= 11 is 0. The minimum atomic E-state index is 0.702. The molecule has 0 rings (SSSR count). The van der Waals surface area contributed by atoms with Gasteiger partial charge in [-0.2, -0.15) is 5.11 Å². The van der Waals surface area contributed by atoms with Gasteiger partial charge in [0.15, 0.2) is 0 Å². The third kappa shape index (κ3) is 13.2. The molecule has 0 heterocycles. The molecule has 0 aliphatic carbocycles. The lowest BCUT2D eigenvalue weighted by Crippen LogP contribution is -2.28. The van der Waals surface area contributed by atoms with Gasteiger partial charge in [0.05, 0.1) is 6.54 Å². The van der Waals surface area contributed by atoms with E-state index >= 15 is 0 Å². The van der Waals surface area contributed by atoms with E-state index in [0.29, 0.717) is 6.54 Å². The van der Waals surface area contributed by atoms with Gasteiger partial charge in [-0.1, -0.05) is 5.22 Å². The van der Waals surface area contributed by atoms with Crippen LogP contribution >= 0.6 is 0 Å². The summed E-state index contributed by atoms with van der Waals surface area (Å²) in [5, 5.41) is 13.6. The van der Waals surface area contributed by atoms with Gasteiger partial charge >= 0.3 is 0 Å². The first-order valence-corrected chi connectivity index (χ1v) is 5.83. The van der Waals surface area contributed by atoms with E-state index in [9.17, 15) is 0 Å². The molecule has 0 saturated carbocycles. The van der Waals surface area contributed by atoms with Gasteiger partial charge in [0, 0.05) is 6.54 Å². The maximum atomic E-state index is 5.15. The summed E-state index contributed by atoms with van der Waals surface area (Å²) in [5.41, 5.74) is 2.63. The molecule has 0 radical (unpaired) electrons. The van der Waals surface area contributed by atoms with E-state index in [1.54, 1.807) is 0 Å². The molecular formula is C9H25N7. The summed E-state index contributed by atoms with van der Waals surface area (Å²) in [7, 11) is 0. The minimum Gasteiger partial charge on any atom is -0.317 e. The van der Waals surface area contributed by atoms with E-state index in [1.807, 2.05) is 0 Å². The van der Waals surface area contributed by atoms with E-state index in [-0.39, 0.29) is 0 Å². The lowest BCUT2D eigenvalue weighted by atomic mass is 10.3. The molecule has 0 aromatic heterocycles. The second kappa shape index (κ2) is 14.2. The van der Waals surface area contributed by atoms with E-state index in [0.717, 1.165) is 52.0 Å². The summed E-state index contributed by atoms with van der Waals surface area (Å²) in [6.45, 7) is 5.62. The zero-order chi connectivity index (χ0) is 11.9. The van der Waals surface area contributed by atoms with Crippen LogP contribution in [0.4, 0.5) is 0 Å². The summed E-state index contributed by atoms with van der Waals surface area (Å²) in [6.07, 6.45) is 3.18. The second-order valence-corrected chi connectivity index (χ2v) is 3.50. The molecule has 0 aliphatic rings. The fourth-order valence-corrected chi connectivity index (χ4v) is 1.24. The van der Waals surface area contributed by atoms with Gasteiger partial charge in [0.1, 0.15) is 0 Å². The summed E-state index contributed by atoms with van der Waals surface area (Å²) in [5.74, 6) is 10.0. The average Bonchev–Trinajstić information content (AvgIpc) is 2.31. The molecule has 7 heteroatoms. The molecule has 0 fully saturated rings. The molecule has 0 aromatic carbocycles. The fourth-order valence-electron chi connectivity index (χ4n) is 1.24. The maximum Gasteiger partial charge on any atom is 0.0632 e. The van der Waals surface area contributed by atoms with E-state index < -0.39 is 0 Å². The highest BCUT2D eigenvalue weighted by Gasteiger charge is 1.89. The quantitative estimate of drug-likeness (QED) is 0.130. The molecule has 7 N–H and O–H groups in total. The van der Waals surface area contributed by atoms with E-state index in [2.05, 4.69) is 26.4 Å². The van der Waals surface area contributed by atoms with Crippen LogP contribution in [0, 0.1) is 0 Å². The Morgan fingerprint density at radius 3 is 1.94 bits per heavy atom. The van der Waals surface area contributed by atoms with Crippen LogP contribution in [0.5, 0.6) is 0 Å². The average molecular weight is 231 g/mol. The Balaban J connectivity index is 2.88. The third-order valence-electron chi connectivity index (χ3n) is 2.08. The zero-order valence-corrected chi connectivity index (χ0v) is 9.91. The SMILES string of the molecule is NN=NCCCNCCCNCCCNN. The van der Waals surface area contributed by atoms with Gasteiger partial charge in [-0.15, -0.1) is 0 Å². The number of nitrogens with zero attached hydrogens (tertiary/aromatic N) is 2.